The molecule has 2 aliphatic rings. The summed E-state index contributed by atoms with van der Waals surface area (Å²) >= 11 is 5.32. The molecule has 0 atom stereocenters. The molecule has 0 unspecified atom stereocenters. The number of piperidine rings is 2. The van der Waals surface area contributed by atoms with E-state index < -0.39 is 0 Å². The van der Waals surface area contributed by atoms with Gasteiger partial charge in [0.2, 0.25) is 11.2 Å². The van der Waals surface area contributed by atoms with E-state index in [0.29, 0.717) is 22.8 Å². The first-order valence-corrected chi connectivity index (χ1v) is 11.0. The van der Waals surface area contributed by atoms with Crippen LogP contribution in [0.25, 0.3) is 0 Å². The molecule has 0 bridgehead atoms. The summed E-state index contributed by atoms with van der Waals surface area (Å²) < 4.78 is 0. The zero-order valence-electron chi connectivity index (χ0n) is 18.2. The van der Waals surface area contributed by atoms with E-state index in [1.54, 1.807) is 44.7 Å². The minimum atomic E-state index is 0.241. The second-order valence-electron chi connectivity index (χ2n) is 7.57. The smallest absolute Gasteiger partial charge is 0.225 e. The van der Waals surface area contributed by atoms with Crippen molar-refractivity contribution >= 4 is 29.1 Å². The standard InChI is InChI=1S/C11H15N3O.C7H13NO.C4H3ClN2/c1-9(15)10-3-7-14(8-4-10)11-12-5-2-6-13-11;1-6(9)7-2-4-8-5-3-7;5-4-6-2-1-3-7-4/h2,5-6,10H,3-4,7-8H2,1H3;7-8H,2-5H2,1H3;1-3H. The van der Waals surface area contributed by atoms with Crippen LogP contribution in [-0.4, -0.2) is 57.7 Å². The third kappa shape index (κ3) is 9.48. The minimum Gasteiger partial charge on any atom is -0.341 e. The molecule has 1 N–H and O–H groups in total. The van der Waals surface area contributed by atoms with Crippen molar-refractivity contribution in [2.75, 3.05) is 31.1 Å². The number of halogens is 1. The van der Waals surface area contributed by atoms with Crippen molar-refractivity contribution in [3.8, 4) is 0 Å². The number of rotatable bonds is 3. The van der Waals surface area contributed by atoms with Gasteiger partial charge >= 0.3 is 0 Å². The van der Waals surface area contributed by atoms with Crippen molar-refractivity contribution in [2.45, 2.75) is 39.5 Å². The Morgan fingerprint density at radius 2 is 1.29 bits per heavy atom. The van der Waals surface area contributed by atoms with Gasteiger partial charge in [0, 0.05) is 49.7 Å². The highest BCUT2D eigenvalue weighted by molar-refractivity contribution is 6.28. The summed E-state index contributed by atoms with van der Waals surface area (Å²) in [6.45, 7) is 7.17. The van der Waals surface area contributed by atoms with Gasteiger partial charge < -0.3 is 10.2 Å². The van der Waals surface area contributed by atoms with Gasteiger partial charge in [-0.3, -0.25) is 9.59 Å². The average molecular weight is 447 g/mol. The normalized spacial score (nSPS) is 16.9. The van der Waals surface area contributed by atoms with Gasteiger partial charge in [-0.1, -0.05) is 0 Å². The molecule has 4 heterocycles. The largest absolute Gasteiger partial charge is 0.341 e. The first kappa shape index (κ1) is 24.8. The van der Waals surface area contributed by atoms with E-state index in [0.717, 1.165) is 57.8 Å². The van der Waals surface area contributed by atoms with Crippen molar-refractivity contribution in [1.82, 2.24) is 25.3 Å². The molecule has 2 aromatic rings. The van der Waals surface area contributed by atoms with Crippen LogP contribution in [0.4, 0.5) is 5.95 Å². The van der Waals surface area contributed by atoms with Crippen LogP contribution in [0.3, 0.4) is 0 Å². The molecule has 2 aromatic heterocycles. The Morgan fingerprint density at radius 1 is 0.839 bits per heavy atom. The number of nitrogens with one attached hydrogen (secondary N) is 1. The summed E-state index contributed by atoms with van der Waals surface area (Å²) in [5.41, 5.74) is 0. The Balaban J connectivity index is 0.000000181. The van der Waals surface area contributed by atoms with Crippen LogP contribution in [0.15, 0.2) is 36.9 Å². The van der Waals surface area contributed by atoms with Gasteiger partial charge in [-0.25, -0.2) is 19.9 Å². The predicted octanol–water partition coefficient (Wildman–Crippen LogP) is 2.99. The average Bonchev–Trinajstić information content (AvgIpc) is 2.82. The quantitative estimate of drug-likeness (QED) is 0.718. The van der Waals surface area contributed by atoms with Gasteiger partial charge in [-0.15, -0.1) is 0 Å². The summed E-state index contributed by atoms with van der Waals surface area (Å²) in [6, 6.07) is 3.53. The lowest BCUT2D eigenvalue weighted by atomic mass is 9.94. The molecule has 0 aliphatic carbocycles. The van der Waals surface area contributed by atoms with Crippen molar-refractivity contribution < 1.29 is 9.59 Å². The Hall–Kier alpha value is -2.45. The van der Waals surface area contributed by atoms with E-state index in [1.165, 1.54) is 0 Å². The molecular formula is C22H31ClN6O2. The fourth-order valence-electron chi connectivity index (χ4n) is 3.45. The number of aromatic nitrogens is 4. The summed E-state index contributed by atoms with van der Waals surface area (Å²) in [7, 11) is 0. The Kier molecular flexibility index (Phi) is 11.0. The molecule has 0 spiro atoms. The van der Waals surface area contributed by atoms with Crippen LogP contribution in [0.1, 0.15) is 39.5 Å². The molecule has 0 saturated carbocycles. The molecule has 8 nitrogen and oxygen atoms in total. The zero-order chi connectivity index (χ0) is 22.5. The summed E-state index contributed by atoms with van der Waals surface area (Å²) in [6.07, 6.45) is 10.6. The number of nitrogens with zero attached hydrogens (tertiary/aromatic N) is 5. The number of hydrogen-bond donors (Lipinski definition) is 1. The van der Waals surface area contributed by atoms with E-state index in [1.807, 2.05) is 6.07 Å². The molecule has 31 heavy (non-hydrogen) atoms. The molecule has 4 rings (SSSR count). The second-order valence-corrected chi connectivity index (χ2v) is 7.91. The van der Waals surface area contributed by atoms with E-state index in [4.69, 9.17) is 11.6 Å². The number of ketones is 2. The third-order valence-corrected chi connectivity index (χ3v) is 5.55. The molecule has 2 aliphatic heterocycles. The maximum atomic E-state index is 11.2. The highest BCUT2D eigenvalue weighted by Gasteiger charge is 2.23. The number of anilines is 1. The topological polar surface area (TPSA) is 101 Å². The Labute approximate surface area is 188 Å². The van der Waals surface area contributed by atoms with Crippen molar-refractivity contribution in [3.63, 3.8) is 0 Å². The van der Waals surface area contributed by atoms with E-state index in [9.17, 15) is 9.59 Å². The van der Waals surface area contributed by atoms with Gasteiger partial charge in [0.25, 0.3) is 0 Å². The van der Waals surface area contributed by atoms with E-state index >= 15 is 0 Å². The molecule has 168 valence electrons. The summed E-state index contributed by atoms with van der Waals surface area (Å²) in [4.78, 5) is 39.8. The molecule has 2 saturated heterocycles. The highest BCUT2D eigenvalue weighted by atomic mass is 35.5. The minimum absolute atomic E-state index is 0.241. The van der Waals surface area contributed by atoms with E-state index in [-0.39, 0.29) is 5.92 Å². The van der Waals surface area contributed by atoms with Gasteiger partial charge in [0.15, 0.2) is 0 Å². The molecule has 2 fully saturated rings. The maximum absolute atomic E-state index is 11.2. The maximum Gasteiger partial charge on any atom is 0.225 e. The number of carbonyl (C=O) groups is 2. The first-order valence-electron chi connectivity index (χ1n) is 10.6. The van der Waals surface area contributed by atoms with Crippen molar-refractivity contribution in [3.05, 3.63) is 42.2 Å². The van der Waals surface area contributed by atoms with Crippen LogP contribution < -0.4 is 10.2 Å². The van der Waals surface area contributed by atoms with Gasteiger partial charge in [-0.05, 0) is 76.4 Å². The van der Waals surface area contributed by atoms with Crippen molar-refractivity contribution in [1.29, 1.82) is 0 Å². The van der Waals surface area contributed by atoms with Gasteiger partial charge in [-0.2, -0.15) is 0 Å². The van der Waals surface area contributed by atoms with Crippen molar-refractivity contribution in [2.24, 2.45) is 11.8 Å². The fraction of sp³-hybridized carbons (Fsp3) is 0.545. The molecular weight excluding hydrogens is 416 g/mol. The van der Waals surface area contributed by atoms with Crippen LogP contribution in [0.2, 0.25) is 5.28 Å². The monoisotopic (exact) mass is 446 g/mol. The lowest BCUT2D eigenvalue weighted by Gasteiger charge is -2.30. The second kappa shape index (κ2) is 13.8. The number of Topliss-reactive ketones (excluding diaryl/α,β-unsaturated/α-hetero) is 2. The number of carbonyl (C=O) groups excluding carboxylic acids is 2. The molecule has 0 radical (unpaired) electrons. The van der Waals surface area contributed by atoms with Gasteiger partial charge in [0.1, 0.15) is 11.6 Å². The molecule has 0 amide bonds. The SMILES string of the molecule is CC(=O)C1CCN(c2ncccn2)CC1.CC(=O)C1CCNCC1.Clc1ncccn1. The highest BCUT2D eigenvalue weighted by Crippen LogP contribution is 2.20. The molecule has 9 heteroatoms. The third-order valence-electron chi connectivity index (χ3n) is 5.35. The van der Waals surface area contributed by atoms with Gasteiger partial charge in [0.05, 0.1) is 0 Å². The zero-order valence-corrected chi connectivity index (χ0v) is 19.0. The number of hydrogen-bond acceptors (Lipinski definition) is 8. The lowest BCUT2D eigenvalue weighted by Crippen LogP contribution is -2.36. The van der Waals surface area contributed by atoms with Crippen LogP contribution >= 0.6 is 11.6 Å². The summed E-state index contributed by atoms with van der Waals surface area (Å²) in [5, 5.41) is 3.51. The lowest BCUT2D eigenvalue weighted by molar-refractivity contribution is -0.122. The summed E-state index contributed by atoms with van der Waals surface area (Å²) in [5.74, 6) is 2.04. The Bertz CT molecular complexity index is 779. The molecule has 0 aromatic carbocycles. The fourth-order valence-corrected chi connectivity index (χ4v) is 3.56. The van der Waals surface area contributed by atoms with Crippen LogP contribution in [0, 0.1) is 11.8 Å². The van der Waals surface area contributed by atoms with Crippen LogP contribution in [-0.2, 0) is 9.59 Å². The van der Waals surface area contributed by atoms with Crippen LogP contribution in [0.5, 0.6) is 0 Å². The predicted molar refractivity (Wildman–Crippen MR) is 121 cm³/mol. The first-order chi connectivity index (χ1) is 15.0. The Morgan fingerprint density at radius 3 is 1.68 bits per heavy atom. The van der Waals surface area contributed by atoms with E-state index in [2.05, 4.69) is 30.2 Å².